The van der Waals surface area contributed by atoms with Gasteiger partial charge in [0.15, 0.2) is 10.9 Å². The average Bonchev–Trinajstić information content (AvgIpc) is 3.19. The minimum atomic E-state index is 0.0735. The van der Waals surface area contributed by atoms with Gasteiger partial charge in [0.05, 0.1) is 10.2 Å². The van der Waals surface area contributed by atoms with Crippen molar-refractivity contribution in [3.05, 3.63) is 12.3 Å². The summed E-state index contributed by atoms with van der Waals surface area (Å²) < 4.78 is 0.922. The summed E-state index contributed by atoms with van der Waals surface area (Å²) in [4.78, 5) is 20.3. The third-order valence-electron chi connectivity index (χ3n) is 2.71. The molecule has 0 saturated heterocycles. The zero-order chi connectivity index (χ0) is 14.5. The van der Waals surface area contributed by atoms with E-state index in [1.165, 1.54) is 17.8 Å². The summed E-state index contributed by atoms with van der Waals surface area (Å²) >= 11 is 1.50. The van der Waals surface area contributed by atoms with E-state index in [1.54, 1.807) is 6.20 Å². The van der Waals surface area contributed by atoms with Crippen LogP contribution in [0.4, 0.5) is 10.9 Å². The molecule has 2 N–H and O–H groups in total. The molecule has 0 unspecified atom stereocenters. The van der Waals surface area contributed by atoms with Crippen molar-refractivity contribution in [2.45, 2.75) is 33.1 Å². The minimum absolute atomic E-state index is 0.0735. The Morgan fingerprint density at radius 2 is 2.15 bits per heavy atom. The van der Waals surface area contributed by atoms with Crippen molar-refractivity contribution in [1.29, 1.82) is 0 Å². The number of fused-ring (bicyclic) bond motifs is 1. The summed E-state index contributed by atoms with van der Waals surface area (Å²) in [7, 11) is 1.83. The van der Waals surface area contributed by atoms with Crippen LogP contribution in [0.3, 0.4) is 0 Å². The first kappa shape index (κ1) is 14.7. The van der Waals surface area contributed by atoms with Gasteiger partial charge < -0.3 is 10.6 Å². The number of pyridine rings is 1. The fraction of sp³-hybridized carbons (Fsp3) is 0.500. The Bertz CT molecular complexity index is 592. The van der Waals surface area contributed by atoms with Gasteiger partial charge >= 0.3 is 0 Å². The molecule has 20 heavy (non-hydrogen) atoms. The van der Waals surface area contributed by atoms with Gasteiger partial charge in [-0.3, -0.25) is 4.79 Å². The molecule has 1 saturated carbocycles. The van der Waals surface area contributed by atoms with E-state index in [4.69, 9.17) is 0 Å². The largest absolute Gasteiger partial charge is 0.365 e. The molecule has 0 spiro atoms. The molecule has 1 aliphatic rings. The molecule has 0 radical (unpaired) electrons. The highest BCUT2D eigenvalue weighted by Gasteiger charge is 2.30. The lowest BCUT2D eigenvalue weighted by atomic mass is 10.3. The Morgan fingerprint density at radius 1 is 1.45 bits per heavy atom. The van der Waals surface area contributed by atoms with Gasteiger partial charge in [-0.1, -0.05) is 31.6 Å². The second-order valence-electron chi connectivity index (χ2n) is 4.75. The topological polar surface area (TPSA) is 66.9 Å². The highest BCUT2D eigenvalue weighted by Crippen LogP contribution is 2.33. The molecule has 0 bridgehead atoms. The van der Waals surface area contributed by atoms with Crippen LogP contribution < -0.4 is 10.6 Å². The van der Waals surface area contributed by atoms with E-state index in [0.717, 1.165) is 28.2 Å². The van der Waals surface area contributed by atoms with Crippen LogP contribution in [0, 0.1) is 5.92 Å². The van der Waals surface area contributed by atoms with Crippen LogP contribution in [0.2, 0.25) is 0 Å². The number of carbonyl (C=O) groups excluding carboxylic acids is 1. The highest BCUT2D eigenvalue weighted by atomic mass is 32.1. The van der Waals surface area contributed by atoms with E-state index in [1.807, 2.05) is 13.1 Å². The maximum absolute atomic E-state index is 11.7. The van der Waals surface area contributed by atoms with Crippen LogP contribution in [0.15, 0.2) is 12.3 Å². The molecule has 0 atom stereocenters. The monoisotopic (exact) mass is 292 g/mol. The number of hydrogen-bond acceptors (Lipinski definition) is 5. The second-order valence-corrected chi connectivity index (χ2v) is 5.75. The number of anilines is 2. The van der Waals surface area contributed by atoms with Crippen LogP contribution in [-0.4, -0.2) is 22.9 Å². The van der Waals surface area contributed by atoms with Crippen molar-refractivity contribution in [1.82, 2.24) is 9.97 Å². The van der Waals surface area contributed by atoms with E-state index < -0.39 is 0 Å². The van der Waals surface area contributed by atoms with Gasteiger partial charge in [0.1, 0.15) is 0 Å². The van der Waals surface area contributed by atoms with Crippen molar-refractivity contribution in [2.75, 3.05) is 17.7 Å². The first-order valence-electron chi connectivity index (χ1n) is 6.93. The smallest absolute Gasteiger partial charge is 0.228 e. The SMILES string of the molecule is CCC.CNc1nc2ccnc(NC(=O)C3CC3)c2s1. The number of thiazole rings is 1. The lowest BCUT2D eigenvalue weighted by molar-refractivity contribution is -0.117. The van der Waals surface area contributed by atoms with Crippen molar-refractivity contribution in [2.24, 2.45) is 5.92 Å². The third-order valence-corrected chi connectivity index (χ3v) is 3.80. The number of nitrogens with one attached hydrogen (secondary N) is 2. The maximum Gasteiger partial charge on any atom is 0.228 e. The number of carbonyl (C=O) groups is 1. The Kier molecular flexibility index (Phi) is 4.89. The Hall–Kier alpha value is -1.69. The number of nitrogens with zero attached hydrogens (tertiary/aromatic N) is 2. The van der Waals surface area contributed by atoms with Gasteiger partial charge in [-0.15, -0.1) is 0 Å². The van der Waals surface area contributed by atoms with Crippen LogP contribution in [0.1, 0.15) is 33.1 Å². The summed E-state index contributed by atoms with van der Waals surface area (Å²) in [5.41, 5.74) is 0.862. The summed E-state index contributed by atoms with van der Waals surface area (Å²) in [6.07, 6.45) is 4.91. The number of aromatic nitrogens is 2. The number of hydrogen-bond donors (Lipinski definition) is 2. The third kappa shape index (κ3) is 3.45. The van der Waals surface area contributed by atoms with Gasteiger partial charge in [0, 0.05) is 19.2 Å². The Morgan fingerprint density at radius 3 is 2.75 bits per heavy atom. The normalized spacial score (nSPS) is 13.6. The van der Waals surface area contributed by atoms with Gasteiger partial charge in [0.25, 0.3) is 0 Å². The zero-order valence-electron chi connectivity index (χ0n) is 12.1. The van der Waals surface area contributed by atoms with Crippen molar-refractivity contribution in [3.63, 3.8) is 0 Å². The fourth-order valence-corrected chi connectivity index (χ4v) is 2.47. The molecule has 2 aromatic heterocycles. The van der Waals surface area contributed by atoms with Crippen LogP contribution >= 0.6 is 11.3 Å². The van der Waals surface area contributed by atoms with Crippen LogP contribution in [0.5, 0.6) is 0 Å². The first-order chi connectivity index (χ1) is 9.69. The molecular formula is C14H20N4OS. The average molecular weight is 292 g/mol. The van der Waals surface area contributed by atoms with Crippen molar-refractivity contribution < 1.29 is 4.79 Å². The van der Waals surface area contributed by atoms with E-state index in [9.17, 15) is 4.79 Å². The number of rotatable bonds is 3. The van der Waals surface area contributed by atoms with Gasteiger partial charge in [-0.2, -0.15) is 0 Å². The molecule has 3 rings (SSSR count). The summed E-state index contributed by atoms with van der Waals surface area (Å²) in [5.74, 6) is 0.881. The van der Waals surface area contributed by atoms with Crippen molar-refractivity contribution >= 4 is 38.4 Å². The van der Waals surface area contributed by atoms with Gasteiger partial charge in [0.2, 0.25) is 5.91 Å². The highest BCUT2D eigenvalue weighted by molar-refractivity contribution is 7.22. The maximum atomic E-state index is 11.7. The lowest BCUT2D eigenvalue weighted by Gasteiger charge is -2.02. The quantitative estimate of drug-likeness (QED) is 0.908. The van der Waals surface area contributed by atoms with E-state index in [-0.39, 0.29) is 11.8 Å². The summed E-state index contributed by atoms with van der Waals surface area (Å²) in [5, 5.41) is 6.70. The number of amides is 1. The predicted octanol–water partition coefficient (Wildman–Crippen LogP) is 3.50. The van der Waals surface area contributed by atoms with E-state index >= 15 is 0 Å². The molecular weight excluding hydrogens is 272 g/mol. The molecule has 108 valence electrons. The Labute approximate surface area is 122 Å². The van der Waals surface area contributed by atoms with Gasteiger partial charge in [-0.05, 0) is 18.9 Å². The molecule has 0 aromatic carbocycles. The standard InChI is InChI=1S/C11H12N4OS.C3H8/c1-12-11-14-7-4-5-13-9(8(7)17-11)15-10(16)6-2-3-6;1-3-2/h4-6H,2-3H2,1H3,(H,12,14)(H,13,15,16);3H2,1-2H3. The predicted molar refractivity (Wildman–Crippen MR) is 84.3 cm³/mol. The first-order valence-corrected chi connectivity index (χ1v) is 7.75. The zero-order valence-corrected chi connectivity index (χ0v) is 12.9. The fourth-order valence-electron chi connectivity index (χ4n) is 1.62. The molecule has 0 aliphatic heterocycles. The second kappa shape index (κ2) is 6.65. The molecule has 5 nitrogen and oxygen atoms in total. The van der Waals surface area contributed by atoms with Crippen LogP contribution in [0.25, 0.3) is 10.2 Å². The van der Waals surface area contributed by atoms with E-state index in [0.29, 0.717) is 5.82 Å². The minimum Gasteiger partial charge on any atom is -0.365 e. The lowest BCUT2D eigenvalue weighted by Crippen LogP contribution is -2.14. The Balaban J connectivity index is 0.000000452. The summed E-state index contributed by atoms with van der Waals surface area (Å²) in [6, 6.07) is 1.85. The molecule has 2 heterocycles. The molecule has 1 aliphatic carbocycles. The van der Waals surface area contributed by atoms with E-state index in [2.05, 4.69) is 34.4 Å². The molecule has 6 heteroatoms. The molecule has 1 fully saturated rings. The molecule has 1 amide bonds. The van der Waals surface area contributed by atoms with Crippen molar-refractivity contribution in [3.8, 4) is 0 Å². The summed E-state index contributed by atoms with van der Waals surface area (Å²) in [6.45, 7) is 4.25. The van der Waals surface area contributed by atoms with Crippen LogP contribution in [-0.2, 0) is 4.79 Å². The molecule has 2 aromatic rings. The van der Waals surface area contributed by atoms with Gasteiger partial charge in [-0.25, -0.2) is 9.97 Å².